The monoisotopic (exact) mass is 423 g/mol. The maximum absolute atomic E-state index is 12.2. The molecule has 142 valence electrons. The number of sulfonamides is 1. The van der Waals surface area contributed by atoms with E-state index in [2.05, 4.69) is 9.62 Å². The summed E-state index contributed by atoms with van der Waals surface area (Å²) < 4.78 is 27.0. The number of benzene rings is 2. The lowest BCUT2D eigenvalue weighted by atomic mass is 10.0. The van der Waals surface area contributed by atoms with Crippen molar-refractivity contribution in [3.63, 3.8) is 0 Å². The summed E-state index contributed by atoms with van der Waals surface area (Å²) in [6.45, 7) is 2.57. The predicted octanol–water partition coefficient (Wildman–Crippen LogP) is 3.70. The van der Waals surface area contributed by atoms with Crippen LogP contribution < -0.4 is 4.72 Å². The molecule has 1 saturated heterocycles. The van der Waals surface area contributed by atoms with Crippen molar-refractivity contribution < 1.29 is 8.42 Å². The Labute approximate surface area is 169 Å². The van der Waals surface area contributed by atoms with Crippen LogP contribution in [-0.2, 0) is 16.6 Å². The molecule has 0 saturated carbocycles. The number of likely N-dealkylation sites (tertiary alicyclic amines) is 1. The predicted molar refractivity (Wildman–Crippen MR) is 108 cm³/mol. The molecule has 2 aliphatic heterocycles. The molecule has 5 nitrogen and oxygen atoms in total. The average Bonchev–Trinajstić information content (AvgIpc) is 2.87. The highest BCUT2D eigenvalue weighted by atomic mass is 35.5. The quantitative estimate of drug-likeness (QED) is 0.818. The number of fused-ring (bicyclic) bond motifs is 1. The van der Waals surface area contributed by atoms with Gasteiger partial charge in [-0.25, -0.2) is 8.42 Å². The van der Waals surface area contributed by atoms with Crippen LogP contribution in [-0.4, -0.2) is 38.3 Å². The summed E-state index contributed by atoms with van der Waals surface area (Å²) in [7, 11) is -3.48. The van der Waals surface area contributed by atoms with E-state index >= 15 is 0 Å². The Balaban J connectivity index is 1.42. The number of hydrogen-bond donors (Lipinski definition) is 1. The van der Waals surface area contributed by atoms with Gasteiger partial charge in [0.05, 0.1) is 10.9 Å². The summed E-state index contributed by atoms with van der Waals surface area (Å²) in [5.41, 5.74) is 1.75. The lowest BCUT2D eigenvalue weighted by Crippen LogP contribution is -2.36. The minimum absolute atomic E-state index is 0.105. The minimum atomic E-state index is -3.48. The first-order valence-electron chi connectivity index (χ1n) is 8.78. The van der Waals surface area contributed by atoms with Crippen molar-refractivity contribution in [3.05, 3.63) is 63.6 Å². The Morgan fingerprint density at radius 3 is 2.44 bits per heavy atom. The van der Waals surface area contributed by atoms with Gasteiger partial charge in [-0.15, -0.1) is 0 Å². The molecule has 0 bridgehead atoms. The van der Waals surface area contributed by atoms with Crippen LogP contribution in [0.5, 0.6) is 0 Å². The van der Waals surface area contributed by atoms with Crippen LogP contribution in [0.1, 0.15) is 24.0 Å². The molecule has 0 amide bonds. The Hall–Kier alpha value is -1.60. The standard InChI is InChI=1S/C19H19Cl2N3O2S/c20-14-9-13(10-15(21)11-14)12-24-7-5-16(6-8-24)22-19-17-3-1-2-4-18(17)27(25,26)23-19/h1-4,9-11,16H,5-8,12H2,(H,22,23). The third-order valence-electron chi connectivity index (χ3n) is 4.86. The summed E-state index contributed by atoms with van der Waals surface area (Å²) in [5.74, 6) is 0.464. The number of aliphatic imine (C=N–C) groups is 1. The van der Waals surface area contributed by atoms with Crippen LogP contribution in [0, 0.1) is 0 Å². The van der Waals surface area contributed by atoms with Crippen LogP contribution in [0.3, 0.4) is 0 Å². The van der Waals surface area contributed by atoms with Crippen LogP contribution >= 0.6 is 23.2 Å². The number of nitrogens with zero attached hydrogens (tertiary/aromatic N) is 2. The minimum Gasteiger partial charge on any atom is -0.299 e. The number of halogens is 2. The number of piperidine rings is 1. The molecule has 27 heavy (non-hydrogen) atoms. The van der Waals surface area contributed by atoms with Crippen molar-refractivity contribution in [2.45, 2.75) is 30.3 Å². The van der Waals surface area contributed by atoms with E-state index < -0.39 is 10.0 Å². The summed E-state index contributed by atoms with van der Waals surface area (Å²) in [6.07, 6.45) is 1.75. The lowest BCUT2D eigenvalue weighted by Gasteiger charge is -2.30. The molecule has 2 aromatic rings. The van der Waals surface area contributed by atoms with E-state index in [1.54, 1.807) is 24.3 Å². The van der Waals surface area contributed by atoms with Gasteiger partial charge < -0.3 is 0 Å². The van der Waals surface area contributed by atoms with E-state index in [4.69, 9.17) is 28.2 Å². The van der Waals surface area contributed by atoms with Crippen molar-refractivity contribution in [3.8, 4) is 0 Å². The molecule has 4 rings (SSSR count). The van der Waals surface area contributed by atoms with E-state index in [9.17, 15) is 8.42 Å². The van der Waals surface area contributed by atoms with Gasteiger partial charge in [0.25, 0.3) is 10.0 Å². The zero-order chi connectivity index (χ0) is 19.0. The maximum atomic E-state index is 12.2. The molecule has 8 heteroatoms. The van der Waals surface area contributed by atoms with Gasteiger partial charge in [-0.05, 0) is 48.7 Å². The molecule has 1 N–H and O–H groups in total. The summed E-state index contributed by atoms with van der Waals surface area (Å²) in [6, 6.07) is 12.7. The number of amidine groups is 1. The molecule has 0 aliphatic carbocycles. The van der Waals surface area contributed by atoms with Gasteiger partial charge in [-0.3, -0.25) is 14.6 Å². The van der Waals surface area contributed by atoms with Crippen LogP contribution in [0.25, 0.3) is 0 Å². The fourth-order valence-electron chi connectivity index (χ4n) is 3.58. The van der Waals surface area contributed by atoms with Gasteiger partial charge in [-0.1, -0.05) is 35.3 Å². The SMILES string of the molecule is O=S1(=O)NC(=NC2CCN(Cc3cc(Cl)cc(Cl)c3)CC2)c2ccccc21. The van der Waals surface area contributed by atoms with Crippen molar-refractivity contribution in [1.82, 2.24) is 9.62 Å². The van der Waals surface area contributed by atoms with Crippen molar-refractivity contribution in [2.75, 3.05) is 13.1 Å². The second-order valence-corrected chi connectivity index (χ2v) is 9.39. The zero-order valence-electron chi connectivity index (χ0n) is 14.5. The van der Waals surface area contributed by atoms with E-state index in [-0.39, 0.29) is 6.04 Å². The van der Waals surface area contributed by atoms with E-state index in [1.165, 1.54) is 0 Å². The Morgan fingerprint density at radius 2 is 1.74 bits per heavy atom. The molecule has 0 aromatic heterocycles. The third kappa shape index (κ3) is 4.14. The van der Waals surface area contributed by atoms with Crippen LogP contribution in [0.15, 0.2) is 52.4 Å². The van der Waals surface area contributed by atoms with Crippen LogP contribution in [0.2, 0.25) is 10.0 Å². The number of rotatable bonds is 3. The molecule has 2 heterocycles. The fourth-order valence-corrected chi connectivity index (χ4v) is 5.39. The van der Waals surface area contributed by atoms with E-state index in [0.717, 1.165) is 38.0 Å². The topological polar surface area (TPSA) is 61.8 Å². The zero-order valence-corrected chi connectivity index (χ0v) is 16.9. The highest BCUT2D eigenvalue weighted by molar-refractivity contribution is 7.90. The van der Waals surface area contributed by atoms with E-state index in [1.807, 2.05) is 18.2 Å². The Kier molecular flexibility index (Phi) is 5.16. The van der Waals surface area contributed by atoms with Gasteiger partial charge in [0.15, 0.2) is 0 Å². The van der Waals surface area contributed by atoms with Crippen LogP contribution in [0.4, 0.5) is 0 Å². The second kappa shape index (κ2) is 7.43. The number of hydrogen-bond acceptors (Lipinski definition) is 4. The molecular weight excluding hydrogens is 405 g/mol. The molecule has 0 radical (unpaired) electrons. The molecule has 0 spiro atoms. The fraction of sp³-hybridized carbons (Fsp3) is 0.316. The molecule has 0 unspecified atom stereocenters. The maximum Gasteiger partial charge on any atom is 0.263 e. The molecule has 1 fully saturated rings. The second-order valence-electron chi connectivity index (χ2n) is 6.86. The smallest absolute Gasteiger partial charge is 0.263 e. The highest BCUT2D eigenvalue weighted by Crippen LogP contribution is 2.25. The van der Waals surface area contributed by atoms with Gasteiger partial charge in [0.1, 0.15) is 5.84 Å². The molecular formula is C19H19Cl2N3O2S. The summed E-state index contributed by atoms with van der Waals surface area (Å²) in [5, 5.41) is 1.29. The number of nitrogens with one attached hydrogen (secondary N) is 1. The molecule has 2 aliphatic rings. The van der Waals surface area contributed by atoms with Gasteiger partial charge in [0.2, 0.25) is 0 Å². The molecule has 0 atom stereocenters. The Morgan fingerprint density at radius 1 is 1.07 bits per heavy atom. The first-order valence-corrected chi connectivity index (χ1v) is 11.0. The largest absolute Gasteiger partial charge is 0.299 e. The first kappa shape index (κ1) is 18.7. The molecule has 2 aromatic carbocycles. The van der Waals surface area contributed by atoms with Crippen molar-refractivity contribution in [1.29, 1.82) is 0 Å². The highest BCUT2D eigenvalue weighted by Gasteiger charge is 2.31. The normalized spacial score (nSPS) is 21.2. The average molecular weight is 424 g/mol. The lowest BCUT2D eigenvalue weighted by molar-refractivity contribution is 0.206. The Bertz CT molecular complexity index is 980. The van der Waals surface area contributed by atoms with Gasteiger partial charge in [0, 0.05) is 35.2 Å². The third-order valence-corrected chi connectivity index (χ3v) is 6.69. The van der Waals surface area contributed by atoms with Crippen molar-refractivity contribution >= 4 is 39.1 Å². The summed E-state index contributed by atoms with van der Waals surface area (Å²) in [4.78, 5) is 7.34. The van der Waals surface area contributed by atoms with Gasteiger partial charge in [-0.2, -0.15) is 0 Å². The van der Waals surface area contributed by atoms with Crippen molar-refractivity contribution in [2.24, 2.45) is 4.99 Å². The first-order chi connectivity index (χ1) is 12.9. The summed E-state index contributed by atoms with van der Waals surface area (Å²) >= 11 is 12.1. The van der Waals surface area contributed by atoms with E-state index in [0.29, 0.717) is 26.3 Å². The van der Waals surface area contributed by atoms with Gasteiger partial charge >= 0.3 is 0 Å².